The van der Waals surface area contributed by atoms with Crippen molar-refractivity contribution in [3.63, 3.8) is 0 Å². The minimum absolute atomic E-state index is 0.157. The highest BCUT2D eigenvalue weighted by Crippen LogP contribution is 2.29. The topological polar surface area (TPSA) is 142 Å². The molecule has 1 saturated heterocycles. The van der Waals surface area contributed by atoms with E-state index in [-0.39, 0.29) is 18.6 Å². The Kier molecular flexibility index (Phi) is 8.38. The first kappa shape index (κ1) is 28.1. The van der Waals surface area contributed by atoms with Gasteiger partial charge in [0.25, 0.3) is 0 Å². The summed E-state index contributed by atoms with van der Waals surface area (Å²) < 4.78 is 13.0. The van der Waals surface area contributed by atoms with Crippen LogP contribution in [0.1, 0.15) is 19.5 Å². The van der Waals surface area contributed by atoms with Gasteiger partial charge in [-0.3, -0.25) is 14.8 Å². The van der Waals surface area contributed by atoms with E-state index in [0.29, 0.717) is 42.2 Å². The van der Waals surface area contributed by atoms with Crippen molar-refractivity contribution in [2.45, 2.75) is 48.6 Å². The molecule has 2 atom stereocenters. The molecule has 4 heterocycles. The van der Waals surface area contributed by atoms with Crippen LogP contribution in [0.4, 0.5) is 17.3 Å². The number of likely N-dealkylation sites (tertiary alicyclic amines) is 1. The molecular formula is C27H34N8O4S. The largest absolute Gasteiger partial charge is 0.389 e. The Labute approximate surface area is 236 Å². The number of hydrogen-bond donors (Lipinski definition) is 4. The number of carbonyl (C=O) groups is 1. The molecule has 40 heavy (non-hydrogen) atoms. The van der Waals surface area contributed by atoms with E-state index in [0.717, 1.165) is 16.1 Å². The Morgan fingerprint density at radius 2 is 2.05 bits per heavy atom. The molecule has 0 spiro atoms. The van der Waals surface area contributed by atoms with Crippen LogP contribution in [-0.4, -0.2) is 91.9 Å². The van der Waals surface area contributed by atoms with Crippen molar-refractivity contribution < 1.29 is 19.4 Å². The number of aromatic amines is 1. The molecule has 0 radical (unpaired) electrons. The van der Waals surface area contributed by atoms with Crippen LogP contribution in [0, 0.1) is 6.92 Å². The van der Waals surface area contributed by atoms with Crippen LogP contribution in [0.15, 0.2) is 58.7 Å². The number of rotatable bonds is 11. The fourth-order valence-corrected chi connectivity index (χ4v) is 5.39. The Morgan fingerprint density at radius 1 is 1.25 bits per heavy atom. The second kappa shape index (κ2) is 11.9. The molecule has 4 aromatic rings. The number of β-amino-alcohol motifs (C(OH)–C–C–N with tert-alkyl or cyclic N) is 1. The number of nitrogens with zero attached hydrogens (tertiary/aromatic N) is 5. The molecule has 0 bridgehead atoms. The predicted molar refractivity (Wildman–Crippen MR) is 152 cm³/mol. The number of ether oxygens (including phenoxy) is 2. The molecule has 0 unspecified atom stereocenters. The molecule has 212 valence electrons. The zero-order valence-corrected chi connectivity index (χ0v) is 23.7. The third-order valence-electron chi connectivity index (χ3n) is 6.31. The summed E-state index contributed by atoms with van der Waals surface area (Å²) in [6.07, 6.45) is 0.836. The lowest BCUT2D eigenvalue weighted by atomic mass is 10.1. The Balaban J connectivity index is 1.17. The Hall–Kier alpha value is -3.49. The molecule has 3 aromatic heterocycles. The van der Waals surface area contributed by atoms with Crippen LogP contribution in [0.5, 0.6) is 0 Å². The molecule has 12 nitrogen and oxygen atoms in total. The predicted octanol–water partition coefficient (Wildman–Crippen LogP) is 3.08. The summed E-state index contributed by atoms with van der Waals surface area (Å²) in [6.45, 7) is 7.20. The number of fused-ring (bicyclic) bond motifs is 1. The molecule has 1 aromatic carbocycles. The SMILES string of the molecule is COCC(C)(C)O[C@H]1CN(CC(=O)Nc2ccc(Sc3nc(Nc4cc(C)[nH]n4)c4cccn4n3)cc2)C[C@@H]1O. The third kappa shape index (κ3) is 6.98. The first-order chi connectivity index (χ1) is 19.2. The van der Waals surface area contributed by atoms with Crippen LogP contribution in [-0.2, 0) is 14.3 Å². The van der Waals surface area contributed by atoms with Crippen molar-refractivity contribution >= 4 is 40.5 Å². The number of anilines is 3. The van der Waals surface area contributed by atoms with Crippen molar-refractivity contribution in [1.82, 2.24) is 29.7 Å². The van der Waals surface area contributed by atoms with Crippen molar-refractivity contribution in [2.24, 2.45) is 0 Å². The number of nitrogens with one attached hydrogen (secondary N) is 3. The number of aliphatic hydroxyl groups excluding tert-OH is 1. The van der Waals surface area contributed by atoms with E-state index in [4.69, 9.17) is 14.5 Å². The van der Waals surface area contributed by atoms with E-state index in [1.807, 2.05) is 74.3 Å². The van der Waals surface area contributed by atoms with Gasteiger partial charge in [-0.2, -0.15) is 5.10 Å². The second-order valence-corrected chi connectivity index (χ2v) is 11.5. The standard InChI is InChI=1S/C27H34N8O4S/c1-17-12-23(32-31-17)29-25-20-6-5-11-35(20)33-26(30-25)40-19-9-7-18(8-10-19)28-24(37)15-34-13-21(36)22(14-34)39-27(2,3)16-38-4/h5-12,21-22,36H,13-16H2,1-4H3,(H,28,37)(H2,29,30,31,32,33)/t21-,22-/m0/s1. The summed E-state index contributed by atoms with van der Waals surface area (Å²) in [7, 11) is 1.62. The van der Waals surface area contributed by atoms with Crippen LogP contribution < -0.4 is 10.6 Å². The van der Waals surface area contributed by atoms with Gasteiger partial charge in [0.2, 0.25) is 11.1 Å². The number of aliphatic hydroxyl groups is 1. The summed E-state index contributed by atoms with van der Waals surface area (Å²) in [5.74, 6) is 1.17. The number of amides is 1. The number of carbonyl (C=O) groups excluding carboxylic acids is 1. The van der Waals surface area contributed by atoms with Gasteiger partial charge < -0.3 is 25.2 Å². The maximum absolute atomic E-state index is 12.7. The molecule has 1 aliphatic heterocycles. The molecule has 1 fully saturated rings. The smallest absolute Gasteiger partial charge is 0.238 e. The first-order valence-electron chi connectivity index (χ1n) is 13.0. The lowest BCUT2D eigenvalue weighted by molar-refractivity contribution is -0.126. The van der Waals surface area contributed by atoms with E-state index in [1.54, 1.807) is 11.6 Å². The highest BCUT2D eigenvalue weighted by atomic mass is 32.2. The summed E-state index contributed by atoms with van der Waals surface area (Å²) >= 11 is 1.41. The number of methoxy groups -OCH3 is 1. The third-order valence-corrected chi connectivity index (χ3v) is 7.18. The molecule has 0 aliphatic carbocycles. The van der Waals surface area contributed by atoms with E-state index in [2.05, 4.69) is 25.9 Å². The fraction of sp³-hybridized carbons (Fsp3) is 0.407. The van der Waals surface area contributed by atoms with Crippen LogP contribution in [0.2, 0.25) is 0 Å². The maximum atomic E-state index is 12.7. The van der Waals surface area contributed by atoms with Gasteiger partial charge in [0.1, 0.15) is 5.52 Å². The van der Waals surface area contributed by atoms with E-state index in [9.17, 15) is 9.90 Å². The van der Waals surface area contributed by atoms with Crippen molar-refractivity contribution in [3.05, 3.63) is 54.4 Å². The number of benzene rings is 1. The summed E-state index contributed by atoms with van der Waals surface area (Å²) in [5, 5.41) is 28.9. The summed E-state index contributed by atoms with van der Waals surface area (Å²) in [6, 6.07) is 13.3. The van der Waals surface area contributed by atoms with Gasteiger partial charge in [0.15, 0.2) is 11.6 Å². The van der Waals surface area contributed by atoms with Crippen LogP contribution >= 0.6 is 11.8 Å². The van der Waals surface area contributed by atoms with Gasteiger partial charge in [-0.25, -0.2) is 9.50 Å². The average Bonchev–Trinajstić information content (AvgIpc) is 3.60. The number of aryl methyl sites for hydroxylation is 1. The van der Waals surface area contributed by atoms with E-state index in [1.165, 1.54) is 11.8 Å². The number of aromatic nitrogens is 5. The van der Waals surface area contributed by atoms with Gasteiger partial charge in [0.05, 0.1) is 31.0 Å². The van der Waals surface area contributed by atoms with Crippen molar-refractivity contribution in [1.29, 1.82) is 0 Å². The molecule has 1 aliphatic rings. The minimum Gasteiger partial charge on any atom is -0.389 e. The molecule has 5 rings (SSSR count). The summed E-state index contributed by atoms with van der Waals surface area (Å²) in [4.78, 5) is 20.2. The molecule has 4 N–H and O–H groups in total. The number of H-pyrrole nitrogens is 1. The van der Waals surface area contributed by atoms with Gasteiger partial charge in [-0.15, -0.1) is 5.10 Å². The molecule has 0 saturated carbocycles. The lowest BCUT2D eigenvalue weighted by Gasteiger charge is -2.29. The minimum atomic E-state index is -0.660. The molecule has 13 heteroatoms. The average molecular weight is 567 g/mol. The van der Waals surface area contributed by atoms with E-state index >= 15 is 0 Å². The Morgan fingerprint density at radius 3 is 2.77 bits per heavy atom. The zero-order valence-electron chi connectivity index (χ0n) is 22.9. The van der Waals surface area contributed by atoms with Crippen LogP contribution in [0.25, 0.3) is 5.52 Å². The zero-order chi connectivity index (χ0) is 28.3. The van der Waals surface area contributed by atoms with Gasteiger partial charge >= 0.3 is 0 Å². The van der Waals surface area contributed by atoms with Gasteiger partial charge in [-0.05, 0) is 68.9 Å². The van der Waals surface area contributed by atoms with Gasteiger partial charge in [0, 0.05) is 48.7 Å². The molecular weight excluding hydrogens is 532 g/mol. The molecule has 1 amide bonds. The monoisotopic (exact) mass is 566 g/mol. The maximum Gasteiger partial charge on any atom is 0.238 e. The lowest BCUT2D eigenvalue weighted by Crippen LogP contribution is -2.40. The fourth-order valence-electron chi connectivity index (χ4n) is 4.64. The van der Waals surface area contributed by atoms with E-state index < -0.39 is 11.7 Å². The highest BCUT2D eigenvalue weighted by molar-refractivity contribution is 7.99. The summed E-state index contributed by atoms with van der Waals surface area (Å²) in [5.41, 5.74) is 1.95. The normalized spacial score (nSPS) is 17.9. The Bertz CT molecular complexity index is 1450. The van der Waals surface area contributed by atoms with Crippen LogP contribution in [0.3, 0.4) is 0 Å². The highest BCUT2D eigenvalue weighted by Gasteiger charge is 2.36. The second-order valence-electron chi connectivity index (χ2n) is 10.4. The number of hydrogen-bond acceptors (Lipinski definition) is 10. The van der Waals surface area contributed by atoms with Crippen molar-refractivity contribution in [3.8, 4) is 0 Å². The first-order valence-corrected chi connectivity index (χ1v) is 13.8. The van der Waals surface area contributed by atoms with Crippen molar-refractivity contribution in [2.75, 3.05) is 44.0 Å². The quantitative estimate of drug-likeness (QED) is 0.214. The van der Waals surface area contributed by atoms with Gasteiger partial charge in [-0.1, -0.05) is 0 Å².